The summed E-state index contributed by atoms with van der Waals surface area (Å²) in [7, 11) is 0. The topological polar surface area (TPSA) is 34.2 Å². The molecule has 0 saturated heterocycles. The molecule has 1 N–H and O–H groups in total. The first kappa shape index (κ1) is 16.0. The molecule has 2 unspecified atom stereocenters. The molecule has 1 heterocycles. The largest absolute Gasteiger partial charge is 0.492 e. The van der Waals surface area contributed by atoms with Gasteiger partial charge in [0.05, 0.1) is 12.8 Å². The summed E-state index contributed by atoms with van der Waals surface area (Å²) in [6, 6.07) is 2.49. The van der Waals surface area contributed by atoms with Crippen molar-refractivity contribution in [2.45, 2.75) is 53.0 Å². The van der Waals surface area contributed by atoms with Gasteiger partial charge in [0, 0.05) is 12.2 Å². The van der Waals surface area contributed by atoms with Crippen LogP contribution in [0.4, 0.5) is 0 Å². The van der Waals surface area contributed by atoms with Gasteiger partial charge >= 0.3 is 0 Å². The average Bonchev–Trinajstić information content (AvgIpc) is 2.40. The molecule has 0 aliphatic rings. The van der Waals surface area contributed by atoms with E-state index < -0.39 is 0 Å². The van der Waals surface area contributed by atoms with E-state index in [4.69, 9.17) is 4.74 Å². The molecule has 0 fully saturated rings. The van der Waals surface area contributed by atoms with Crippen molar-refractivity contribution in [3.8, 4) is 5.75 Å². The van der Waals surface area contributed by atoms with Gasteiger partial charge in [-0.15, -0.1) is 0 Å². The summed E-state index contributed by atoms with van der Waals surface area (Å²) in [6.45, 7) is 10.5. The molecule has 108 valence electrons. The van der Waals surface area contributed by atoms with E-state index in [1.165, 1.54) is 18.4 Å². The lowest BCUT2D eigenvalue weighted by molar-refractivity contribution is 0.333. The number of nitrogens with zero attached hydrogens (tertiary/aromatic N) is 1. The molecule has 0 aliphatic heterocycles. The van der Waals surface area contributed by atoms with E-state index in [9.17, 15) is 0 Å². The Labute approximate surface area is 117 Å². The van der Waals surface area contributed by atoms with Crippen molar-refractivity contribution in [1.29, 1.82) is 0 Å². The maximum Gasteiger partial charge on any atom is 0.137 e. The Bertz CT molecular complexity index is 354. The van der Waals surface area contributed by atoms with Crippen LogP contribution >= 0.6 is 0 Å². The Balaban J connectivity index is 2.85. The van der Waals surface area contributed by atoms with Crippen LogP contribution in [0.5, 0.6) is 5.75 Å². The van der Waals surface area contributed by atoms with Crippen molar-refractivity contribution in [3.05, 3.63) is 24.0 Å². The third kappa shape index (κ3) is 5.19. The molecule has 19 heavy (non-hydrogen) atoms. The number of hydrogen-bond acceptors (Lipinski definition) is 3. The number of pyridine rings is 1. The van der Waals surface area contributed by atoms with Crippen LogP contribution in [0, 0.1) is 5.92 Å². The summed E-state index contributed by atoms with van der Waals surface area (Å²) in [6.07, 6.45) is 7.33. The maximum absolute atomic E-state index is 5.55. The fourth-order valence-corrected chi connectivity index (χ4v) is 2.42. The van der Waals surface area contributed by atoms with E-state index in [-0.39, 0.29) is 0 Å². The third-order valence-corrected chi connectivity index (χ3v) is 3.33. The Kier molecular flexibility index (Phi) is 7.49. The molecule has 0 saturated carbocycles. The number of hydrogen-bond donors (Lipinski definition) is 1. The van der Waals surface area contributed by atoms with Crippen molar-refractivity contribution >= 4 is 0 Å². The van der Waals surface area contributed by atoms with E-state index in [2.05, 4.69) is 37.1 Å². The van der Waals surface area contributed by atoms with Crippen LogP contribution in [-0.4, -0.2) is 18.1 Å². The van der Waals surface area contributed by atoms with E-state index in [0.717, 1.165) is 18.7 Å². The fraction of sp³-hybridized carbons (Fsp3) is 0.688. The van der Waals surface area contributed by atoms with Gasteiger partial charge in [-0.1, -0.05) is 27.2 Å². The summed E-state index contributed by atoms with van der Waals surface area (Å²) in [5.74, 6) is 1.47. The lowest BCUT2D eigenvalue weighted by Gasteiger charge is -2.25. The van der Waals surface area contributed by atoms with Crippen LogP contribution in [0.2, 0.25) is 0 Å². The highest BCUT2D eigenvalue weighted by atomic mass is 16.5. The third-order valence-electron chi connectivity index (χ3n) is 3.33. The minimum atomic E-state index is 0.368. The summed E-state index contributed by atoms with van der Waals surface area (Å²) in [4.78, 5) is 4.31. The van der Waals surface area contributed by atoms with Gasteiger partial charge < -0.3 is 10.1 Å². The van der Waals surface area contributed by atoms with Crippen LogP contribution in [0.3, 0.4) is 0 Å². The molecule has 0 aromatic carbocycles. The summed E-state index contributed by atoms with van der Waals surface area (Å²) >= 11 is 0. The number of ether oxygens (including phenoxy) is 1. The average molecular weight is 264 g/mol. The standard InChI is InChI=1S/C16H28N2O/c1-5-8-13(4)16(18-9-6-2)14-10-15(19-7-3)12-17-11-14/h10-13,16,18H,5-9H2,1-4H3. The van der Waals surface area contributed by atoms with Gasteiger partial charge in [0.25, 0.3) is 0 Å². The molecule has 0 amide bonds. The van der Waals surface area contributed by atoms with Crippen molar-refractivity contribution in [2.24, 2.45) is 5.92 Å². The zero-order valence-corrected chi connectivity index (χ0v) is 12.8. The first-order valence-corrected chi connectivity index (χ1v) is 7.54. The minimum absolute atomic E-state index is 0.368. The second-order valence-electron chi connectivity index (χ2n) is 5.08. The Morgan fingerprint density at radius 3 is 2.63 bits per heavy atom. The molecule has 1 aromatic heterocycles. The summed E-state index contributed by atoms with van der Waals surface area (Å²) < 4.78 is 5.55. The Morgan fingerprint density at radius 2 is 2.00 bits per heavy atom. The SMILES string of the molecule is CCCNC(c1cncc(OCC)c1)C(C)CCC. The highest BCUT2D eigenvalue weighted by molar-refractivity contribution is 5.26. The van der Waals surface area contributed by atoms with Crippen LogP contribution in [-0.2, 0) is 0 Å². The quantitative estimate of drug-likeness (QED) is 0.733. The maximum atomic E-state index is 5.55. The van der Waals surface area contributed by atoms with Gasteiger partial charge in [-0.05, 0) is 43.9 Å². The van der Waals surface area contributed by atoms with Gasteiger partial charge in [-0.25, -0.2) is 0 Å². The lowest BCUT2D eigenvalue weighted by Crippen LogP contribution is -2.27. The molecular weight excluding hydrogens is 236 g/mol. The Morgan fingerprint density at radius 1 is 1.21 bits per heavy atom. The van der Waals surface area contributed by atoms with Gasteiger partial charge in [0.1, 0.15) is 5.75 Å². The van der Waals surface area contributed by atoms with Gasteiger partial charge in [-0.2, -0.15) is 0 Å². The van der Waals surface area contributed by atoms with E-state index in [1.54, 1.807) is 6.20 Å². The molecule has 1 aromatic rings. The molecule has 2 atom stereocenters. The van der Waals surface area contributed by atoms with Gasteiger partial charge in [0.15, 0.2) is 0 Å². The van der Waals surface area contributed by atoms with Gasteiger partial charge in [0.2, 0.25) is 0 Å². The molecule has 3 nitrogen and oxygen atoms in total. The van der Waals surface area contributed by atoms with Crippen LogP contribution in [0.15, 0.2) is 18.5 Å². The smallest absolute Gasteiger partial charge is 0.137 e. The summed E-state index contributed by atoms with van der Waals surface area (Å²) in [5.41, 5.74) is 1.24. The second-order valence-corrected chi connectivity index (χ2v) is 5.08. The minimum Gasteiger partial charge on any atom is -0.492 e. The van der Waals surface area contributed by atoms with E-state index in [0.29, 0.717) is 18.6 Å². The number of aromatic nitrogens is 1. The van der Waals surface area contributed by atoms with E-state index >= 15 is 0 Å². The monoisotopic (exact) mass is 264 g/mol. The Hall–Kier alpha value is -1.09. The zero-order chi connectivity index (χ0) is 14.1. The highest BCUT2D eigenvalue weighted by Crippen LogP contribution is 2.27. The predicted molar refractivity (Wildman–Crippen MR) is 80.5 cm³/mol. The zero-order valence-electron chi connectivity index (χ0n) is 12.8. The number of rotatable bonds is 9. The van der Waals surface area contributed by atoms with Crippen molar-refractivity contribution in [3.63, 3.8) is 0 Å². The van der Waals surface area contributed by atoms with Crippen LogP contribution in [0.1, 0.15) is 58.6 Å². The molecule has 0 spiro atoms. The van der Waals surface area contributed by atoms with Gasteiger partial charge in [-0.3, -0.25) is 4.98 Å². The molecule has 1 rings (SSSR count). The van der Waals surface area contributed by atoms with E-state index in [1.807, 2.05) is 13.1 Å². The molecule has 0 bridgehead atoms. The fourth-order valence-electron chi connectivity index (χ4n) is 2.42. The highest BCUT2D eigenvalue weighted by Gasteiger charge is 2.18. The lowest BCUT2D eigenvalue weighted by atomic mass is 9.91. The normalized spacial score (nSPS) is 14.1. The molecular formula is C16H28N2O. The first-order valence-electron chi connectivity index (χ1n) is 7.54. The number of nitrogens with one attached hydrogen (secondary N) is 1. The second kappa shape index (κ2) is 8.92. The molecule has 0 aliphatic carbocycles. The first-order chi connectivity index (χ1) is 9.22. The molecule has 3 heteroatoms. The predicted octanol–water partition coefficient (Wildman–Crippen LogP) is 3.96. The summed E-state index contributed by atoms with van der Waals surface area (Å²) in [5, 5.41) is 3.64. The van der Waals surface area contributed by atoms with Crippen LogP contribution < -0.4 is 10.1 Å². The van der Waals surface area contributed by atoms with Crippen molar-refractivity contribution in [1.82, 2.24) is 10.3 Å². The molecule has 0 radical (unpaired) electrons. The van der Waals surface area contributed by atoms with Crippen molar-refractivity contribution < 1.29 is 4.74 Å². The van der Waals surface area contributed by atoms with Crippen LogP contribution in [0.25, 0.3) is 0 Å². The van der Waals surface area contributed by atoms with Crippen molar-refractivity contribution in [2.75, 3.05) is 13.2 Å².